The van der Waals surface area contributed by atoms with E-state index in [1.54, 1.807) is 18.2 Å². The van der Waals surface area contributed by atoms with Crippen LogP contribution in [0.3, 0.4) is 0 Å². The Hall–Kier alpha value is -3.40. The van der Waals surface area contributed by atoms with Crippen LogP contribution in [-0.2, 0) is 6.54 Å². The van der Waals surface area contributed by atoms with Crippen LogP contribution in [-0.4, -0.2) is 64.4 Å². The van der Waals surface area contributed by atoms with Crippen LogP contribution < -0.4 is 5.32 Å². The Labute approximate surface area is 196 Å². The minimum Gasteiger partial charge on any atom is -0.347 e. The number of nitro groups is 1. The third-order valence-electron chi connectivity index (χ3n) is 5.52. The lowest BCUT2D eigenvalue weighted by Crippen LogP contribution is -2.55. The molecule has 34 heavy (non-hydrogen) atoms. The zero-order chi connectivity index (χ0) is 25.0. The maximum Gasteiger partial charge on any atom is 0.304 e. The van der Waals surface area contributed by atoms with Gasteiger partial charge in [-0.15, -0.1) is 0 Å². The molecule has 0 bridgehead atoms. The summed E-state index contributed by atoms with van der Waals surface area (Å²) in [5, 5.41) is 13.7. The molecular weight excluding hydrogens is 446 g/mol. The van der Waals surface area contributed by atoms with Gasteiger partial charge in [-0.05, 0) is 50.6 Å². The molecule has 1 fully saturated rings. The molecule has 0 aromatic heterocycles. The number of carbonyl (C=O) groups is 2. The molecule has 2 aromatic carbocycles. The lowest BCUT2D eigenvalue weighted by molar-refractivity contribution is -0.387. The first-order chi connectivity index (χ1) is 16.0. The van der Waals surface area contributed by atoms with Crippen molar-refractivity contribution in [3.63, 3.8) is 0 Å². The Bertz CT molecular complexity index is 1090. The van der Waals surface area contributed by atoms with Crippen LogP contribution in [0, 0.1) is 15.9 Å². The quantitative estimate of drug-likeness (QED) is 0.510. The molecule has 1 saturated heterocycles. The van der Waals surface area contributed by atoms with Gasteiger partial charge in [0.2, 0.25) is 5.82 Å². The van der Waals surface area contributed by atoms with Gasteiger partial charge < -0.3 is 10.2 Å². The third-order valence-corrected chi connectivity index (χ3v) is 5.52. The van der Waals surface area contributed by atoms with E-state index in [9.17, 15) is 28.5 Å². The van der Waals surface area contributed by atoms with E-state index in [4.69, 9.17) is 0 Å². The fourth-order valence-electron chi connectivity index (χ4n) is 3.86. The molecule has 2 amide bonds. The summed E-state index contributed by atoms with van der Waals surface area (Å²) in [4.78, 5) is 38.5. The number of nitro benzene ring substituents is 1. The summed E-state index contributed by atoms with van der Waals surface area (Å²) in [7, 11) is 0. The van der Waals surface area contributed by atoms with Crippen molar-refractivity contribution in [3.8, 4) is 0 Å². The van der Waals surface area contributed by atoms with Gasteiger partial charge in [0.1, 0.15) is 6.67 Å². The van der Waals surface area contributed by atoms with Crippen molar-refractivity contribution in [2.45, 2.75) is 38.9 Å². The second-order valence-corrected chi connectivity index (χ2v) is 9.36. The number of benzene rings is 2. The lowest BCUT2D eigenvalue weighted by atomic mass is 10.0. The SMILES string of the molecule is CC(C)(C)NC(=O)c1cccc(CN2CCN(C(=O)c3ccc([N+](=O)[O-])c(F)c3)CC2CF)c1. The molecule has 1 heterocycles. The average Bonchev–Trinajstić information content (AvgIpc) is 2.77. The van der Waals surface area contributed by atoms with Gasteiger partial charge in [0.05, 0.1) is 11.0 Å². The number of rotatable bonds is 6. The number of amides is 2. The third kappa shape index (κ3) is 6.13. The molecule has 0 radical (unpaired) electrons. The highest BCUT2D eigenvalue weighted by molar-refractivity contribution is 5.95. The predicted molar refractivity (Wildman–Crippen MR) is 123 cm³/mol. The van der Waals surface area contributed by atoms with Gasteiger partial charge in [-0.25, -0.2) is 4.39 Å². The first-order valence-corrected chi connectivity index (χ1v) is 10.9. The van der Waals surface area contributed by atoms with Crippen LogP contribution in [0.1, 0.15) is 47.1 Å². The summed E-state index contributed by atoms with van der Waals surface area (Å²) in [5.41, 5.74) is 0.255. The number of hydrogen-bond acceptors (Lipinski definition) is 5. The second kappa shape index (κ2) is 10.3. The smallest absolute Gasteiger partial charge is 0.304 e. The summed E-state index contributed by atoms with van der Waals surface area (Å²) >= 11 is 0. The molecule has 1 aliphatic heterocycles. The highest BCUT2D eigenvalue weighted by Crippen LogP contribution is 2.21. The summed E-state index contributed by atoms with van der Waals surface area (Å²) in [6, 6.07) is 9.55. The maximum atomic E-state index is 13.9. The molecule has 0 aliphatic carbocycles. The van der Waals surface area contributed by atoms with Gasteiger partial charge in [-0.1, -0.05) is 12.1 Å². The van der Waals surface area contributed by atoms with Crippen molar-refractivity contribution in [1.29, 1.82) is 0 Å². The molecule has 1 unspecified atom stereocenters. The Morgan fingerprint density at radius 1 is 1.15 bits per heavy atom. The van der Waals surface area contributed by atoms with Crippen molar-refractivity contribution >= 4 is 17.5 Å². The van der Waals surface area contributed by atoms with Crippen molar-refractivity contribution in [2.24, 2.45) is 0 Å². The number of piperazine rings is 1. The Kier molecular flexibility index (Phi) is 7.61. The van der Waals surface area contributed by atoms with E-state index < -0.39 is 35.1 Å². The Morgan fingerprint density at radius 3 is 2.50 bits per heavy atom. The molecule has 0 saturated carbocycles. The van der Waals surface area contributed by atoms with Crippen LogP contribution in [0.15, 0.2) is 42.5 Å². The Morgan fingerprint density at radius 2 is 1.88 bits per heavy atom. The number of hydrogen-bond donors (Lipinski definition) is 1. The summed E-state index contributed by atoms with van der Waals surface area (Å²) in [5.74, 6) is -1.79. The minimum absolute atomic E-state index is 0.0216. The summed E-state index contributed by atoms with van der Waals surface area (Å²) < 4.78 is 27.8. The zero-order valence-corrected chi connectivity index (χ0v) is 19.4. The molecule has 182 valence electrons. The van der Waals surface area contributed by atoms with Gasteiger partial charge >= 0.3 is 5.69 Å². The monoisotopic (exact) mass is 474 g/mol. The number of halogens is 2. The molecule has 3 rings (SSSR count). The second-order valence-electron chi connectivity index (χ2n) is 9.36. The minimum atomic E-state index is -1.09. The first kappa shape index (κ1) is 25.2. The molecule has 0 spiro atoms. The van der Waals surface area contributed by atoms with Crippen molar-refractivity contribution in [3.05, 3.63) is 75.1 Å². The van der Waals surface area contributed by atoms with Gasteiger partial charge in [0.25, 0.3) is 11.8 Å². The average molecular weight is 475 g/mol. The molecule has 1 aliphatic rings. The molecule has 1 N–H and O–H groups in total. The van der Waals surface area contributed by atoms with Gasteiger partial charge in [-0.3, -0.25) is 24.6 Å². The molecular formula is C24H28F2N4O4. The van der Waals surface area contributed by atoms with Crippen LogP contribution in [0.5, 0.6) is 0 Å². The molecule has 8 nitrogen and oxygen atoms in total. The van der Waals surface area contributed by atoms with Gasteiger partial charge in [0, 0.05) is 48.9 Å². The normalized spacial score (nSPS) is 16.9. The zero-order valence-electron chi connectivity index (χ0n) is 19.4. The standard InChI is InChI=1S/C24H28F2N4O4/c1-24(2,3)27-22(31)17-6-4-5-16(11-17)14-28-9-10-29(15-19(28)13-25)23(32)18-7-8-21(30(33)34)20(26)12-18/h4-8,11-12,19H,9-10,13-15H2,1-3H3,(H,27,31). The van der Waals surface area contributed by atoms with Crippen LogP contribution in [0.25, 0.3) is 0 Å². The topological polar surface area (TPSA) is 95.8 Å². The first-order valence-electron chi connectivity index (χ1n) is 10.9. The van der Waals surface area contributed by atoms with Crippen LogP contribution >= 0.6 is 0 Å². The Balaban J connectivity index is 1.68. The number of nitrogens with zero attached hydrogens (tertiary/aromatic N) is 3. The molecule has 1 atom stereocenters. The van der Waals surface area contributed by atoms with Crippen molar-refractivity contribution in [2.75, 3.05) is 26.3 Å². The van der Waals surface area contributed by atoms with Gasteiger partial charge in [0.15, 0.2) is 0 Å². The molecule has 2 aromatic rings. The predicted octanol–water partition coefficient (Wildman–Crippen LogP) is 3.56. The van der Waals surface area contributed by atoms with E-state index in [0.717, 1.165) is 17.7 Å². The molecule has 10 heteroatoms. The van der Waals surface area contributed by atoms with Crippen molar-refractivity contribution in [1.82, 2.24) is 15.1 Å². The van der Waals surface area contributed by atoms with E-state index in [1.165, 1.54) is 11.0 Å². The lowest BCUT2D eigenvalue weighted by Gasteiger charge is -2.40. The number of alkyl halides is 1. The number of carbonyl (C=O) groups excluding carboxylic acids is 2. The number of nitrogens with one attached hydrogen (secondary N) is 1. The van der Waals surface area contributed by atoms with Crippen molar-refractivity contribution < 1.29 is 23.3 Å². The summed E-state index contributed by atoms with van der Waals surface area (Å²) in [6.45, 7) is 6.16. The van der Waals surface area contributed by atoms with E-state index in [-0.39, 0.29) is 30.1 Å². The van der Waals surface area contributed by atoms with E-state index >= 15 is 0 Å². The van der Waals surface area contributed by atoms with E-state index in [2.05, 4.69) is 5.32 Å². The highest BCUT2D eigenvalue weighted by atomic mass is 19.1. The summed E-state index contributed by atoms with van der Waals surface area (Å²) in [6.07, 6.45) is 0. The highest BCUT2D eigenvalue weighted by Gasteiger charge is 2.31. The largest absolute Gasteiger partial charge is 0.347 e. The fourth-order valence-corrected chi connectivity index (χ4v) is 3.86. The van der Waals surface area contributed by atoms with E-state index in [0.29, 0.717) is 18.7 Å². The maximum absolute atomic E-state index is 13.9. The van der Waals surface area contributed by atoms with Crippen LogP contribution in [0.2, 0.25) is 0 Å². The van der Waals surface area contributed by atoms with E-state index in [1.807, 2.05) is 31.7 Å². The van der Waals surface area contributed by atoms with Gasteiger partial charge in [-0.2, -0.15) is 4.39 Å². The van der Waals surface area contributed by atoms with Crippen LogP contribution in [0.4, 0.5) is 14.5 Å². The fraction of sp³-hybridized carbons (Fsp3) is 0.417.